The van der Waals surface area contributed by atoms with Gasteiger partial charge >= 0.3 is 6.03 Å². The lowest BCUT2D eigenvalue weighted by atomic mass is 10.1. The van der Waals surface area contributed by atoms with E-state index in [2.05, 4.69) is 5.32 Å². The molecule has 3 amide bonds. The van der Waals surface area contributed by atoms with Gasteiger partial charge in [0, 0.05) is 23.5 Å². The smallest absolute Gasteiger partial charge is 0.323 e. The van der Waals surface area contributed by atoms with Crippen LogP contribution in [0.2, 0.25) is 0 Å². The largest absolute Gasteiger partial charge is 0.497 e. The lowest BCUT2D eigenvalue weighted by Gasteiger charge is -2.33. The van der Waals surface area contributed by atoms with Gasteiger partial charge in [-0.2, -0.15) is 0 Å². The second-order valence-electron chi connectivity index (χ2n) is 7.84. The molecule has 8 heteroatoms. The quantitative estimate of drug-likeness (QED) is 0.603. The van der Waals surface area contributed by atoms with Crippen molar-refractivity contribution in [3.05, 3.63) is 89.7 Å². The van der Waals surface area contributed by atoms with E-state index in [0.29, 0.717) is 29.3 Å². The van der Waals surface area contributed by atoms with Gasteiger partial charge < -0.3 is 15.0 Å². The molecule has 0 saturated carbocycles. The predicted molar refractivity (Wildman–Crippen MR) is 127 cm³/mol. The molecule has 0 radical (unpaired) electrons. The Morgan fingerprint density at radius 1 is 1.12 bits per heavy atom. The van der Waals surface area contributed by atoms with Crippen molar-refractivity contribution in [2.24, 2.45) is 0 Å². The first kappa shape index (κ1) is 21.3. The van der Waals surface area contributed by atoms with Gasteiger partial charge in [-0.05, 0) is 48.0 Å². The van der Waals surface area contributed by atoms with Crippen LogP contribution < -0.4 is 15.0 Å². The van der Waals surface area contributed by atoms with Crippen molar-refractivity contribution >= 4 is 35.1 Å². The Labute approximate surface area is 195 Å². The maximum absolute atomic E-state index is 13.9. The highest BCUT2D eigenvalue weighted by Gasteiger charge is 2.59. The van der Waals surface area contributed by atoms with E-state index in [9.17, 15) is 14.0 Å². The molecule has 0 aromatic heterocycles. The van der Waals surface area contributed by atoms with Crippen LogP contribution in [0.25, 0.3) is 0 Å². The van der Waals surface area contributed by atoms with Gasteiger partial charge in [0.15, 0.2) is 4.87 Å². The number of thioether (sulfide) groups is 1. The monoisotopic (exact) mass is 463 g/mol. The van der Waals surface area contributed by atoms with E-state index in [4.69, 9.17) is 4.74 Å². The van der Waals surface area contributed by atoms with Crippen LogP contribution in [0.15, 0.2) is 72.8 Å². The molecule has 0 aliphatic carbocycles. The summed E-state index contributed by atoms with van der Waals surface area (Å²) in [5.41, 5.74) is 2.82. The minimum Gasteiger partial charge on any atom is -0.497 e. The predicted octanol–water partition coefficient (Wildman–Crippen LogP) is 4.81. The normalized spacial score (nSPS) is 19.2. The SMILES string of the molecule is COc1ccc(NC(=O)N2CCS[C@]23C(=O)N(Cc2cccc(F)c2)c2ccccc23)cc1. The first-order chi connectivity index (χ1) is 16.0. The highest BCUT2D eigenvalue weighted by molar-refractivity contribution is 8.01. The van der Waals surface area contributed by atoms with Gasteiger partial charge in [-0.15, -0.1) is 11.8 Å². The minimum atomic E-state index is -1.15. The van der Waals surface area contributed by atoms with Crippen molar-refractivity contribution in [1.29, 1.82) is 0 Å². The zero-order chi connectivity index (χ0) is 23.0. The fourth-order valence-corrected chi connectivity index (χ4v) is 5.87. The Hall–Kier alpha value is -3.52. The van der Waals surface area contributed by atoms with Crippen molar-refractivity contribution < 1.29 is 18.7 Å². The number of urea groups is 1. The number of anilines is 2. The molecule has 6 nitrogen and oxygen atoms in total. The molecule has 0 bridgehead atoms. The number of para-hydroxylation sites is 1. The van der Waals surface area contributed by atoms with E-state index in [0.717, 1.165) is 11.3 Å². The van der Waals surface area contributed by atoms with Crippen LogP contribution in [0, 0.1) is 5.82 Å². The van der Waals surface area contributed by atoms with E-state index in [1.165, 1.54) is 23.9 Å². The third-order valence-corrected chi connectivity index (χ3v) is 7.34. The van der Waals surface area contributed by atoms with E-state index >= 15 is 0 Å². The first-order valence-corrected chi connectivity index (χ1v) is 11.5. The van der Waals surface area contributed by atoms with Gasteiger partial charge in [0.25, 0.3) is 5.91 Å². The number of halogens is 1. The van der Waals surface area contributed by atoms with Gasteiger partial charge in [0.1, 0.15) is 11.6 Å². The van der Waals surface area contributed by atoms with Crippen molar-refractivity contribution in [2.45, 2.75) is 11.4 Å². The number of ether oxygens (including phenoxy) is 1. The Morgan fingerprint density at radius 3 is 2.67 bits per heavy atom. The maximum Gasteiger partial charge on any atom is 0.323 e. The Morgan fingerprint density at radius 2 is 1.91 bits per heavy atom. The van der Waals surface area contributed by atoms with Crippen LogP contribution in [-0.2, 0) is 16.2 Å². The summed E-state index contributed by atoms with van der Waals surface area (Å²) in [7, 11) is 1.58. The van der Waals surface area contributed by atoms with Crippen LogP contribution >= 0.6 is 11.8 Å². The average Bonchev–Trinajstić information content (AvgIpc) is 3.37. The van der Waals surface area contributed by atoms with Crippen molar-refractivity contribution in [1.82, 2.24) is 4.90 Å². The summed E-state index contributed by atoms with van der Waals surface area (Å²) in [6.07, 6.45) is 0. The van der Waals surface area contributed by atoms with Gasteiger partial charge in [0.2, 0.25) is 0 Å². The lowest BCUT2D eigenvalue weighted by molar-refractivity contribution is -0.123. The van der Waals surface area contributed by atoms with E-state index < -0.39 is 4.87 Å². The molecule has 1 N–H and O–H groups in total. The fraction of sp³-hybridized carbons (Fsp3) is 0.200. The topological polar surface area (TPSA) is 61.9 Å². The molecular weight excluding hydrogens is 441 g/mol. The first-order valence-electron chi connectivity index (χ1n) is 10.6. The zero-order valence-corrected chi connectivity index (χ0v) is 18.8. The van der Waals surface area contributed by atoms with Crippen LogP contribution in [-0.4, -0.2) is 36.2 Å². The summed E-state index contributed by atoms with van der Waals surface area (Å²) in [6, 6.07) is 20.4. The number of methoxy groups -OCH3 is 1. The number of fused-ring (bicyclic) bond motifs is 2. The molecule has 33 heavy (non-hydrogen) atoms. The number of hydrogen-bond donors (Lipinski definition) is 1. The molecule has 1 fully saturated rings. The van der Waals surface area contributed by atoms with Crippen LogP contribution in [0.3, 0.4) is 0 Å². The summed E-state index contributed by atoms with van der Waals surface area (Å²) in [5.74, 6) is 0.775. The number of amides is 3. The highest BCUT2D eigenvalue weighted by Crippen LogP contribution is 2.54. The highest BCUT2D eigenvalue weighted by atomic mass is 32.2. The summed E-state index contributed by atoms with van der Waals surface area (Å²) in [5, 5.41) is 2.91. The van der Waals surface area contributed by atoms with Crippen molar-refractivity contribution in [3.63, 3.8) is 0 Å². The minimum absolute atomic E-state index is 0.194. The summed E-state index contributed by atoms with van der Waals surface area (Å²) in [4.78, 5) is 29.3. The van der Waals surface area contributed by atoms with E-state index in [1.807, 2.05) is 24.3 Å². The molecule has 2 aliphatic heterocycles. The number of benzene rings is 3. The molecule has 3 aromatic carbocycles. The molecule has 1 atom stereocenters. The van der Waals surface area contributed by atoms with Gasteiger partial charge in [-0.3, -0.25) is 9.69 Å². The number of carbonyl (C=O) groups excluding carboxylic acids is 2. The lowest BCUT2D eigenvalue weighted by Crippen LogP contribution is -2.51. The Bertz CT molecular complexity index is 1220. The van der Waals surface area contributed by atoms with Crippen molar-refractivity contribution in [3.8, 4) is 5.75 Å². The molecular formula is C25H22FN3O3S. The number of rotatable bonds is 4. The second-order valence-corrected chi connectivity index (χ2v) is 9.13. The van der Waals surface area contributed by atoms with Gasteiger partial charge in [0.05, 0.1) is 19.3 Å². The van der Waals surface area contributed by atoms with Crippen LogP contribution in [0.5, 0.6) is 5.75 Å². The molecule has 2 aliphatic rings. The summed E-state index contributed by atoms with van der Waals surface area (Å²) in [6.45, 7) is 0.657. The molecule has 1 spiro atoms. The average molecular weight is 464 g/mol. The fourth-order valence-electron chi connectivity index (χ4n) is 4.41. The van der Waals surface area contributed by atoms with E-state index in [-0.39, 0.29) is 24.3 Å². The summed E-state index contributed by atoms with van der Waals surface area (Å²) < 4.78 is 18.9. The number of hydrogen-bond acceptors (Lipinski definition) is 4. The zero-order valence-electron chi connectivity index (χ0n) is 18.0. The van der Waals surface area contributed by atoms with Crippen LogP contribution in [0.4, 0.5) is 20.6 Å². The van der Waals surface area contributed by atoms with Crippen molar-refractivity contribution in [2.75, 3.05) is 29.6 Å². The second kappa shape index (κ2) is 8.44. The molecule has 5 rings (SSSR count). The Balaban J connectivity index is 1.48. The third kappa shape index (κ3) is 3.60. The molecule has 3 aromatic rings. The number of nitrogens with one attached hydrogen (secondary N) is 1. The maximum atomic E-state index is 13.9. The van der Waals surface area contributed by atoms with E-state index in [1.54, 1.807) is 53.3 Å². The number of carbonyl (C=O) groups is 2. The van der Waals surface area contributed by atoms with Gasteiger partial charge in [-0.25, -0.2) is 9.18 Å². The molecule has 2 heterocycles. The number of nitrogens with zero attached hydrogens (tertiary/aromatic N) is 2. The molecule has 1 saturated heterocycles. The Kier molecular flexibility index (Phi) is 5.46. The van der Waals surface area contributed by atoms with Gasteiger partial charge in [-0.1, -0.05) is 30.3 Å². The third-order valence-electron chi connectivity index (χ3n) is 5.92. The molecule has 168 valence electrons. The summed E-state index contributed by atoms with van der Waals surface area (Å²) >= 11 is 1.45. The standard InChI is InChI=1S/C25H22FN3O3S/c1-32-20-11-9-19(10-12-20)27-24(31)29-13-14-33-25(29)21-7-2-3-8-22(21)28(23(25)30)16-17-5-4-6-18(26)15-17/h2-12,15H,13-14,16H2,1H3,(H,27,31)/t25-/m1/s1. The molecule has 0 unspecified atom stereocenters. The van der Waals surface area contributed by atoms with Crippen LogP contribution in [0.1, 0.15) is 11.1 Å².